The summed E-state index contributed by atoms with van der Waals surface area (Å²) in [5.41, 5.74) is 5.06. The number of nitrogens with zero attached hydrogens (tertiary/aromatic N) is 1. The summed E-state index contributed by atoms with van der Waals surface area (Å²) >= 11 is 9.78. The van der Waals surface area contributed by atoms with Gasteiger partial charge in [-0.25, -0.2) is 15.0 Å². The highest BCUT2D eigenvalue weighted by molar-refractivity contribution is 9.10. The first-order valence-electron chi connectivity index (χ1n) is 14.0. The maximum Gasteiger partial charge on any atom is 0.337 e. The predicted molar refractivity (Wildman–Crippen MR) is 174 cm³/mol. The van der Waals surface area contributed by atoms with Gasteiger partial charge in [0.2, 0.25) is 0 Å². The second kappa shape index (κ2) is 16.0. The molecule has 242 valence electrons. The van der Waals surface area contributed by atoms with Gasteiger partial charge in [0, 0.05) is 16.3 Å². The Balaban J connectivity index is 1.39. The topological polar surface area (TPSA) is 146 Å². The van der Waals surface area contributed by atoms with E-state index in [9.17, 15) is 14.4 Å². The van der Waals surface area contributed by atoms with Crippen LogP contribution in [-0.2, 0) is 20.9 Å². The highest BCUT2D eigenvalue weighted by Crippen LogP contribution is 2.38. The second-order valence-corrected chi connectivity index (χ2v) is 11.0. The molecule has 12 nitrogen and oxygen atoms in total. The van der Waals surface area contributed by atoms with Gasteiger partial charge >= 0.3 is 12.0 Å². The van der Waals surface area contributed by atoms with Crippen LogP contribution in [0.15, 0.2) is 75.4 Å². The molecule has 4 rings (SSSR count). The monoisotopic (exact) mass is 714 g/mol. The quantitative estimate of drug-likeness (QED) is 0.121. The number of rotatable bonds is 13. The minimum atomic E-state index is -0.784. The number of hydrazone groups is 1. The first kappa shape index (κ1) is 34.1. The summed E-state index contributed by atoms with van der Waals surface area (Å²) in [7, 11) is 2.69. The van der Waals surface area contributed by atoms with E-state index in [1.165, 1.54) is 20.4 Å². The van der Waals surface area contributed by atoms with Gasteiger partial charge in [-0.2, -0.15) is 5.10 Å². The van der Waals surface area contributed by atoms with Crippen molar-refractivity contribution in [3.05, 3.63) is 92.1 Å². The van der Waals surface area contributed by atoms with Gasteiger partial charge in [0.05, 0.1) is 43.1 Å². The Kier molecular flexibility index (Phi) is 11.9. The van der Waals surface area contributed by atoms with Crippen molar-refractivity contribution >= 4 is 51.7 Å². The van der Waals surface area contributed by atoms with E-state index in [4.69, 9.17) is 35.3 Å². The first-order valence-corrected chi connectivity index (χ1v) is 15.1. The highest BCUT2D eigenvalue weighted by atomic mass is 79.9. The molecule has 1 aliphatic rings. The van der Waals surface area contributed by atoms with E-state index >= 15 is 0 Å². The van der Waals surface area contributed by atoms with E-state index in [-0.39, 0.29) is 30.3 Å². The maximum absolute atomic E-state index is 12.5. The Morgan fingerprint density at radius 3 is 2.54 bits per heavy atom. The molecule has 3 N–H and O–H groups in total. The van der Waals surface area contributed by atoms with E-state index in [1.807, 2.05) is 25.1 Å². The molecule has 1 atom stereocenters. The average molecular weight is 716 g/mol. The molecule has 0 aromatic heterocycles. The zero-order chi connectivity index (χ0) is 33.2. The minimum Gasteiger partial charge on any atom is -0.493 e. The number of nitrogens with one attached hydrogen (secondary N) is 3. The fourth-order valence-electron chi connectivity index (χ4n) is 4.49. The fourth-order valence-corrected chi connectivity index (χ4v) is 5.26. The molecular formula is C32H32BrClN4O8. The number of halogens is 2. The Labute approximate surface area is 279 Å². The van der Waals surface area contributed by atoms with Crippen molar-refractivity contribution in [3.8, 4) is 23.0 Å². The van der Waals surface area contributed by atoms with Gasteiger partial charge in [0.15, 0.2) is 29.6 Å². The Morgan fingerprint density at radius 2 is 1.83 bits per heavy atom. The molecule has 0 bridgehead atoms. The largest absolute Gasteiger partial charge is 0.493 e. The second-order valence-electron chi connectivity index (χ2n) is 9.70. The number of esters is 1. The van der Waals surface area contributed by atoms with Gasteiger partial charge in [-0.1, -0.05) is 35.9 Å². The van der Waals surface area contributed by atoms with Gasteiger partial charge in [-0.3, -0.25) is 4.79 Å². The summed E-state index contributed by atoms with van der Waals surface area (Å²) in [6.45, 7) is 3.75. The molecule has 14 heteroatoms. The molecular weight excluding hydrogens is 684 g/mol. The number of benzene rings is 3. The van der Waals surface area contributed by atoms with Crippen LogP contribution < -0.4 is 35.0 Å². The molecule has 3 aromatic carbocycles. The number of allylic oxidation sites excluding steroid dienone is 1. The molecule has 0 saturated heterocycles. The number of hydrogen-bond acceptors (Lipinski definition) is 9. The van der Waals surface area contributed by atoms with Crippen LogP contribution >= 0.6 is 27.5 Å². The average Bonchev–Trinajstić information content (AvgIpc) is 3.03. The van der Waals surface area contributed by atoms with Crippen LogP contribution in [-0.4, -0.2) is 51.6 Å². The van der Waals surface area contributed by atoms with Crippen LogP contribution in [0.5, 0.6) is 23.0 Å². The maximum atomic E-state index is 12.5. The lowest BCUT2D eigenvalue weighted by molar-refractivity contribution is -0.136. The SMILES string of the molecule is CCOc1cc(/C=N\NC(=O)COc2ccc([C@@H]3NC(=O)NC(C)=C3C(=O)OC)cc2OC)cc(Br)c1OCc1ccccc1Cl. The Bertz CT molecular complexity index is 1680. The lowest BCUT2D eigenvalue weighted by Gasteiger charge is -2.28. The zero-order valence-corrected chi connectivity index (χ0v) is 27.8. The van der Waals surface area contributed by atoms with Crippen LogP contribution in [0.2, 0.25) is 5.02 Å². The van der Waals surface area contributed by atoms with Crippen LogP contribution in [0.25, 0.3) is 0 Å². The summed E-state index contributed by atoms with van der Waals surface area (Å²) in [5, 5.41) is 9.91. The van der Waals surface area contributed by atoms with E-state index in [0.29, 0.717) is 44.4 Å². The molecule has 0 aliphatic carbocycles. The number of carbonyl (C=O) groups is 3. The van der Waals surface area contributed by atoms with Gasteiger partial charge in [-0.15, -0.1) is 0 Å². The summed E-state index contributed by atoms with van der Waals surface area (Å²) in [4.78, 5) is 37.0. The molecule has 0 saturated carbocycles. The van der Waals surface area contributed by atoms with E-state index in [1.54, 1.807) is 43.3 Å². The number of amides is 3. The molecule has 1 aliphatic heterocycles. The fraction of sp³-hybridized carbons (Fsp3) is 0.250. The first-order chi connectivity index (χ1) is 22.1. The normalized spacial score (nSPS) is 14.3. The van der Waals surface area contributed by atoms with E-state index in [0.717, 1.165) is 5.56 Å². The van der Waals surface area contributed by atoms with Crippen molar-refractivity contribution in [2.75, 3.05) is 27.4 Å². The van der Waals surface area contributed by atoms with Crippen LogP contribution in [0.4, 0.5) is 4.79 Å². The zero-order valence-electron chi connectivity index (χ0n) is 25.4. The minimum absolute atomic E-state index is 0.245. The predicted octanol–water partition coefficient (Wildman–Crippen LogP) is 5.42. The summed E-state index contributed by atoms with van der Waals surface area (Å²) in [6.07, 6.45) is 1.46. The van der Waals surface area contributed by atoms with Crippen molar-refractivity contribution < 1.29 is 38.1 Å². The van der Waals surface area contributed by atoms with Crippen molar-refractivity contribution in [2.24, 2.45) is 5.10 Å². The Morgan fingerprint density at radius 1 is 1.04 bits per heavy atom. The van der Waals surface area contributed by atoms with E-state index < -0.39 is 23.9 Å². The number of methoxy groups -OCH3 is 2. The third-order valence-corrected chi connectivity index (χ3v) is 7.58. The Hall–Kier alpha value is -4.75. The van der Waals surface area contributed by atoms with E-state index in [2.05, 4.69) is 37.1 Å². The molecule has 46 heavy (non-hydrogen) atoms. The molecule has 0 unspecified atom stereocenters. The third-order valence-electron chi connectivity index (χ3n) is 6.62. The lowest BCUT2D eigenvalue weighted by Crippen LogP contribution is -2.45. The highest BCUT2D eigenvalue weighted by Gasteiger charge is 2.32. The number of urea groups is 1. The summed E-state index contributed by atoms with van der Waals surface area (Å²) in [5.74, 6) is 0.432. The summed E-state index contributed by atoms with van der Waals surface area (Å²) in [6, 6.07) is 14.5. The molecule has 1 heterocycles. The van der Waals surface area contributed by atoms with Crippen molar-refractivity contribution in [2.45, 2.75) is 26.5 Å². The van der Waals surface area contributed by atoms with Crippen LogP contribution in [0, 0.1) is 0 Å². The van der Waals surface area contributed by atoms with Crippen LogP contribution in [0.1, 0.15) is 36.6 Å². The van der Waals surface area contributed by atoms with Crippen molar-refractivity contribution in [1.82, 2.24) is 16.1 Å². The molecule has 0 radical (unpaired) electrons. The van der Waals surface area contributed by atoms with Crippen molar-refractivity contribution in [3.63, 3.8) is 0 Å². The third kappa shape index (κ3) is 8.49. The molecule has 3 amide bonds. The standard InChI is InChI=1S/C32H32BrClN4O8/c1-5-44-26-13-19(12-22(33)30(26)46-16-21-8-6-7-9-23(21)34)15-35-38-27(39)17-45-24-11-10-20(14-25(24)42-3)29-28(31(40)43-4)18(2)36-32(41)37-29/h6-15,29H,5,16-17H2,1-4H3,(H,38,39)(H2,36,37,41)/b35-15-/t29-/m0/s1. The number of carbonyl (C=O) groups excluding carboxylic acids is 3. The number of hydrogen-bond donors (Lipinski definition) is 3. The lowest BCUT2D eigenvalue weighted by atomic mass is 9.95. The van der Waals surface area contributed by atoms with Gasteiger partial charge in [0.25, 0.3) is 5.91 Å². The summed E-state index contributed by atoms with van der Waals surface area (Å²) < 4.78 is 28.4. The smallest absolute Gasteiger partial charge is 0.337 e. The van der Waals surface area contributed by atoms with Gasteiger partial charge in [0.1, 0.15) is 6.61 Å². The number of ether oxygens (including phenoxy) is 5. The molecule has 0 spiro atoms. The molecule has 3 aromatic rings. The van der Waals surface area contributed by atoms with Gasteiger partial charge < -0.3 is 34.3 Å². The molecule has 0 fully saturated rings. The van der Waals surface area contributed by atoms with Crippen molar-refractivity contribution in [1.29, 1.82) is 0 Å². The van der Waals surface area contributed by atoms with Crippen LogP contribution in [0.3, 0.4) is 0 Å². The van der Waals surface area contributed by atoms with Gasteiger partial charge in [-0.05, 0) is 71.2 Å².